The minimum atomic E-state index is -0.434. The first-order valence-corrected chi connectivity index (χ1v) is 5.34. The molecule has 1 rings (SSSR count). The minimum Gasteiger partial charge on any atom is -0.508 e. The molecule has 5 N–H and O–H groups in total. The summed E-state index contributed by atoms with van der Waals surface area (Å²) < 4.78 is 0. The van der Waals surface area contributed by atoms with Crippen molar-refractivity contribution in [2.75, 3.05) is 0 Å². The summed E-state index contributed by atoms with van der Waals surface area (Å²) in [6, 6.07) is 4.40. The van der Waals surface area contributed by atoms with Gasteiger partial charge in [-0.2, -0.15) is 0 Å². The van der Waals surface area contributed by atoms with E-state index in [-0.39, 0.29) is 23.8 Å². The quantitative estimate of drug-likeness (QED) is 0.611. The topological polar surface area (TPSA) is 95.6 Å². The lowest BCUT2D eigenvalue weighted by atomic mass is 10.00. The predicted octanol–water partition coefficient (Wildman–Crippen LogP) is 0.841. The van der Waals surface area contributed by atoms with Crippen LogP contribution in [-0.2, 0) is 11.3 Å². The van der Waals surface area contributed by atoms with Crippen LogP contribution in [0.3, 0.4) is 0 Å². The Bertz CT molecular complexity index is 416. The Hall–Kier alpha value is -1.75. The van der Waals surface area contributed by atoms with E-state index in [4.69, 9.17) is 10.8 Å². The largest absolute Gasteiger partial charge is 0.508 e. The zero-order chi connectivity index (χ0) is 13.1. The Morgan fingerprint density at radius 3 is 2.59 bits per heavy atom. The first-order chi connectivity index (χ1) is 7.80. The SMILES string of the molecule is CC(C)(CC(N)=O)NCc1ccc(O)cc1O. The van der Waals surface area contributed by atoms with Gasteiger partial charge in [-0.15, -0.1) is 0 Å². The fourth-order valence-corrected chi connectivity index (χ4v) is 1.53. The maximum absolute atomic E-state index is 10.8. The van der Waals surface area contributed by atoms with Crippen molar-refractivity contribution >= 4 is 5.91 Å². The molecule has 1 amide bonds. The number of primary amides is 1. The third-order valence-electron chi connectivity index (χ3n) is 2.44. The van der Waals surface area contributed by atoms with Crippen LogP contribution < -0.4 is 11.1 Å². The zero-order valence-electron chi connectivity index (χ0n) is 10.0. The smallest absolute Gasteiger partial charge is 0.219 e. The number of carbonyl (C=O) groups excluding carboxylic acids is 1. The van der Waals surface area contributed by atoms with Crippen LogP contribution in [0.5, 0.6) is 11.5 Å². The monoisotopic (exact) mass is 238 g/mol. The van der Waals surface area contributed by atoms with Crippen molar-refractivity contribution in [3.63, 3.8) is 0 Å². The van der Waals surface area contributed by atoms with Crippen LogP contribution in [0.25, 0.3) is 0 Å². The third kappa shape index (κ3) is 4.32. The molecule has 0 fully saturated rings. The summed E-state index contributed by atoms with van der Waals surface area (Å²) in [6.07, 6.45) is 0.214. The average Bonchev–Trinajstić information content (AvgIpc) is 2.14. The van der Waals surface area contributed by atoms with Crippen LogP contribution in [0.1, 0.15) is 25.8 Å². The number of phenols is 2. The molecule has 0 spiro atoms. The van der Waals surface area contributed by atoms with Crippen molar-refractivity contribution in [2.24, 2.45) is 5.73 Å². The molecule has 0 heterocycles. The van der Waals surface area contributed by atoms with Gasteiger partial charge in [-0.3, -0.25) is 4.79 Å². The summed E-state index contributed by atoms with van der Waals surface area (Å²) in [5.41, 5.74) is 5.35. The average molecular weight is 238 g/mol. The van der Waals surface area contributed by atoms with Gasteiger partial charge in [0, 0.05) is 30.1 Å². The number of hydrogen-bond acceptors (Lipinski definition) is 4. The second-order valence-corrected chi connectivity index (χ2v) is 4.69. The maximum Gasteiger partial charge on any atom is 0.219 e. The highest BCUT2D eigenvalue weighted by atomic mass is 16.3. The van der Waals surface area contributed by atoms with Gasteiger partial charge in [-0.05, 0) is 19.9 Å². The normalized spacial score (nSPS) is 11.4. The van der Waals surface area contributed by atoms with Crippen molar-refractivity contribution < 1.29 is 15.0 Å². The molecule has 0 aliphatic heterocycles. The Labute approximate surface area is 100 Å². The maximum atomic E-state index is 10.8. The molecule has 0 bridgehead atoms. The van der Waals surface area contributed by atoms with E-state index in [1.54, 1.807) is 6.07 Å². The summed E-state index contributed by atoms with van der Waals surface area (Å²) in [5.74, 6) is -0.340. The molecule has 0 radical (unpaired) electrons. The molecule has 1 aromatic rings. The Kier molecular flexibility index (Phi) is 3.96. The fraction of sp³-hybridized carbons (Fsp3) is 0.417. The molecule has 1 aromatic carbocycles. The van der Waals surface area contributed by atoms with Crippen LogP contribution in [0, 0.1) is 0 Å². The Morgan fingerprint density at radius 2 is 2.06 bits per heavy atom. The van der Waals surface area contributed by atoms with E-state index in [2.05, 4.69) is 5.32 Å². The summed E-state index contributed by atoms with van der Waals surface area (Å²) >= 11 is 0. The van der Waals surface area contributed by atoms with Crippen LogP contribution in [0.4, 0.5) is 0 Å². The molecule has 0 saturated heterocycles. The van der Waals surface area contributed by atoms with Gasteiger partial charge in [-0.25, -0.2) is 0 Å². The number of rotatable bonds is 5. The molecule has 94 valence electrons. The molecule has 0 atom stereocenters. The highest BCUT2D eigenvalue weighted by Gasteiger charge is 2.20. The number of benzene rings is 1. The van der Waals surface area contributed by atoms with Crippen LogP contribution in [0.15, 0.2) is 18.2 Å². The lowest BCUT2D eigenvalue weighted by Crippen LogP contribution is -2.42. The van der Waals surface area contributed by atoms with Crippen molar-refractivity contribution in [1.82, 2.24) is 5.32 Å². The number of nitrogens with two attached hydrogens (primary N) is 1. The fourth-order valence-electron chi connectivity index (χ4n) is 1.53. The second-order valence-electron chi connectivity index (χ2n) is 4.69. The molecule has 0 aromatic heterocycles. The minimum absolute atomic E-state index is 0.0163. The summed E-state index contributed by atoms with van der Waals surface area (Å²) in [6.45, 7) is 4.11. The lowest BCUT2D eigenvalue weighted by molar-refractivity contribution is -0.119. The van der Waals surface area contributed by atoms with Crippen LogP contribution >= 0.6 is 0 Å². The van der Waals surface area contributed by atoms with E-state index >= 15 is 0 Å². The first-order valence-electron chi connectivity index (χ1n) is 5.34. The summed E-state index contributed by atoms with van der Waals surface area (Å²) in [5, 5.41) is 21.8. The molecule has 5 heteroatoms. The number of amides is 1. The number of phenolic OH excluding ortho intramolecular Hbond substituents is 2. The highest BCUT2D eigenvalue weighted by molar-refractivity contribution is 5.75. The standard InChI is InChI=1S/C12H18N2O3/c1-12(2,6-11(13)17)14-7-8-3-4-9(15)5-10(8)16/h3-5,14-16H,6-7H2,1-2H3,(H2,13,17). The van der Waals surface area contributed by atoms with E-state index in [0.717, 1.165) is 0 Å². The molecular weight excluding hydrogens is 220 g/mol. The van der Waals surface area contributed by atoms with Crippen molar-refractivity contribution in [1.29, 1.82) is 0 Å². The zero-order valence-corrected chi connectivity index (χ0v) is 10.0. The number of carbonyl (C=O) groups is 1. The molecule has 0 saturated carbocycles. The third-order valence-corrected chi connectivity index (χ3v) is 2.44. The van der Waals surface area contributed by atoms with Crippen molar-refractivity contribution in [3.05, 3.63) is 23.8 Å². The van der Waals surface area contributed by atoms with Gasteiger partial charge in [0.05, 0.1) is 0 Å². The van der Waals surface area contributed by atoms with Gasteiger partial charge < -0.3 is 21.3 Å². The van der Waals surface area contributed by atoms with Crippen molar-refractivity contribution in [3.8, 4) is 11.5 Å². The number of hydrogen-bond donors (Lipinski definition) is 4. The summed E-state index contributed by atoms with van der Waals surface area (Å²) in [7, 11) is 0. The molecular formula is C12H18N2O3. The van der Waals surface area contributed by atoms with Crippen LogP contribution in [0.2, 0.25) is 0 Å². The molecule has 0 aliphatic carbocycles. The van der Waals surface area contributed by atoms with Crippen molar-refractivity contribution in [2.45, 2.75) is 32.4 Å². The molecule has 17 heavy (non-hydrogen) atoms. The van der Waals surface area contributed by atoms with Gasteiger partial charge >= 0.3 is 0 Å². The van der Waals surface area contributed by atoms with E-state index < -0.39 is 5.54 Å². The van der Waals surface area contributed by atoms with Gasteiger partial charge in [0.1, 0.15) is 11.5 Å². The van der Waals surface area contributed by atoms with E-state index in [1.807, 2.05) is 13.8 Å². The van der Waals surface area contributed by atoms with E-state index in [9.17, 15) is 9.90 Å². The first kappa shape index (κ1) is 13.3. The Balaban J connectivity index is 2.64. The number of nitrogens with one attached hydrogen (secondary N) is 1. The van der Waals surface area contributed by atoms with Gasteiger partial charge in [-0.1, -0.05) is 6.07 Å². The van der Waals surface area contributed by atoms with Crippen LogP contribution in [-0.4, -0.2) is 21.7 Å². The van der Waals surface area contributed by atoms with E-state index in [1.165, 1.54) is 12.1 Å². The van der Waals surface area contributed by atoms with Gasteiger partial charge in [0.25, 0.3) is 0 Å². The lowest BCUT2D eigenvalue weighted by Gasteiger charge is -2.25. The number of aromatic hydroxyl groups is 2. The van der Waals surface area contributed by atoms with E-state index in [0.29, 0.717) is 12.1 Å². The summed E-state index contributed by atoms with van der Waals surface area (Å²) in [4.78, 5) is 10.8. The molecule has 0 unspecified atom stereocenters. The Morgan fingerprint density at radius 1 is 1.41 bits per heavy atom. The second kappa shape index (κ2) is 5.05. The molecule has 0 aliphatic rings. The highest BCUT2D eigenvalue weighted by Crippen LogP contribution is 2.23. The predicted molar refractivity (Wildman–Crippen MR) is 64.5 cm³/mol. The molecule has 5 nitrogen and oxygen atoms in total. The van der Waals surface area contributed by atoms with Gasteiger partial charge in [0.15, 0.2) is 0 Å². The van der Waals surface area contributed by atoms with Gasteiger partial charge in [0.2, 0.25) is 5.91 Å².